The topological polar surface area (TPSA) is 53.1 Å². The van der Waals surface area contributed by atoms with E-state index in [1.165, 1.54) is 11.6 Å². The molecule has 1 aliphatic rings. The standard InChI is InChI=1S/C24H28FN5/c1-18-16-26-12-13-30(18)17-20-5-2-6-21(14-20)23-9-11-28-24(29-23)27-10-8-19-4-3-7-22(25)15-19/h2-7,9,11,14-15,18,26H,8,10,12-13,16-17H2,1H3,(H,27,28,29). The second kappa shape index (κ2) is 9.78. The van der Waals surface area contributed by atoms with Gasteiger partial charge in [-0.25, -0.2) is 14.4 Å². The smallest absolute Gasteiger partial charge is 0.223 e. The first kappa shape index (κ1) is 20.4. The highest BCUT2D eigenvalue weighted by atomic mass is 19.1. The lowest BCUT2D eigenvalue weighted by Gasteiger charge is -2.33. The average molecular weight is 406 g/mol. The van der Waals surface area contributed by atoms with Crippen molar-refractivity contribution >= 4 is 5.95 Å². The zero-order valence-corrected chi connectivity index (χ0v) is 17.3. The van der Waals surface area contributed by atoms with Gasteiger partial charge in [-0.15, -0.1) is 0 Å². The minimum atomic E-state index is -0.208. The van der Waals surface area contributed by atoms with Crippen molar-refractivity contribution in [2.45, 2.75) is 25.9 Å². The van der Waals surface area contributed by atoms with Crippen molar-refractivity contribution in [2.24, 2.45) is 0 Å². The van der Waals surface area contributed by atoms with Crippen LogP contribution in [0.2, 0.25) is 0 Å². The van der Waals surface area contributed by atoms with Gasteiger partial charge in [0.05, 0.1) is 5.69 Å². The van der Waals surface area contributed by atoms with Crippen molar-refractivity contribution in [3.63, 3.8) is 0 Å². The van der Waals surface area contributed by atoms with E-state index in [4.69, 9.17) is 0 Å². The summed E-state index contributed by atoms with van der Waals surface area (Å²) in [5.41, 5.74) is 4.23. The molecule has 1 aromatic heterocycles. The molecule has 0 radical (unpaired) electrons. The van der Waals surface area contributed by atoms with Crippen LogP contribution in [-0.4, -0.2) is 47.1 Å². The van der Waals surface area contributed by atoms with Gasteiger partial charge in [0.25, 0.3) is 0 Å². The number of hydrogen-bond acceptors (Lipinski definition) is 5. The SMILES string of the molecule is CC1CNCCN1Cc1cccc(-c2ccnc(NCCc3cccc(F)c3)n2)c1. The van der Waals surface area contributed by atoms with Gasteiger partial charge in [0.15, 0.2) is 0 Å². The van der Waals surface area contributed by atoms with Crippen LogP contribution in [0.15, 0.2) is 60.8 Å². The molecule has 0 bridgehead atoms. The van der Waals surface area contributed by atoms with Gasteiger partial charge >= 0.3 is 0 Å². The third-order valence-corrected chi connectivity index (χ3v) is 5.49. The Balaban J connectivity index is 1.40. The first-order chi connectivity index (χ1) is 14.7. The zero-order valence-electron chi connectivity index (χ0n) is 17.3. The summed E-state index contributed by atoms with van der Waals surface area (Å²) >= 11 is 0. The van der Waals surface area contributed by atoms with Gasteiger partial charge in [0, 0.05) is 50.5 Å². The van der Waals surface area contributed by atoms with Crippen LogP contribution in [0, 0.1) is 5.82 Å². The number of nitrogens with one attached hydrogen (secondary N) is 2. The number of hydrogen-bond donors (Lipinski definition) is 2. The summed E-state index contributed by atoms with van der Waals surface area (Å²) in [5, 5.41) is 6.69. The normalized spacial score (nSPS) is 17.1. The molecule has 1 saturated heterocycles. The quantitative estimate of drug-likeness (QED) is 0.627. The Hall–Kier alpha value is -2.83. The molecular weight excluding hydrogens is 377 g/mol. The minimum Gasteiger partial charge on any atom is -0.354 e. The Morgan fingerprint density at radius 3 is 2.87 bits per heavy atom. The maximum absolute atomic E-state index is 13.3. The molecule has 6 heteroatoms. The van der Waals surface area contributed by atoms with Crippen LogP contribution >= 0.6 is 0 Å². The highest BCUT2D eigenvalue weighted by Crippen LogP contribution is 2.21. The number of rotatable bonds is 7. The molecule has 2 aromatic carbocycles. The largest absolute Gasteiger partial charge is 0.354 e. The predicted molar refractivity (Wildman–Crippen MR) is 119 cm³/mol. The summed E-state index contributed by atoms with van der Waals surface area (Å²) in [4.78, 5) is 11.5. The summed E-state index contributed by atoms with van der Waals surface area (Å²) in [6.45, 7) is 7.01. The van der Waals surface area contributed by atoms with E-state index in [2.05, 4.69) is 56.7 Å². The van der Waals surface area contributed by atoms with E-state index in [1.54, 1.807) is 18.3 Å². The number of nitrogens with zero attached hydrogens (tertiary/aromatic N) is 3. The summed E-state index contributed by atoms with van der Waals surface area (Å²) in [5.74, 6) is 0.380. The van der Waals surface area contributed by atoms with E-state index < -0.39 is 0 Å². The number of anilines is 1. The first-order valence-corrected chi connectivity index (χ1v) is 10.5. The molecule has 30 heavy (non-hydrogen) atoms. The Morgan fingerprint density at radius 1 is 1.13 bits per heavy atom. The molecular formula is C24H28FN5. The molecule has 2 heterocycles. The molecule has 0 spiro atoms. The van der Waals surface area contributed by atoms with Crippen LogP contribution in [0.3, 0.4) is 0 Å². The predicted octanol–water partition coefficient (Wildman–Crippen LogP) is 3.73. The van der Waals surface area contributed by atoms with Gasteiger partial charge in [0.2, 0.25) is 5.95 Å². The second-order valence-electron chi connectivity index (χ2n) is 7.80. The van der Waals surface area contributed by atoms with Crippen molar-refractivity contribution < 1.29 is 4.39 Å². The fourth-order valence-corrected chi connectivity index (χ4v) is 3.80. The van der Waals surface area contributed by atoms with Crippen molar-refractivity contribution in [3.05, 3.63) is 77.7 Å². The third kappa shape index (κ3) is 5.40. The summed E-state index contributed by atoms with van der Waals surface area (Å²) < 4.78 is 13.3. The van der Waals surface area contributed by atoms with Crippen molar-refractivity contribution in [2.75, 3.05) is 31.5 Å². The highest BCUT2D eigenvalue weighted by Gasteiger charge is 2.17. The van der Waals surface area contributed by atoms with Crippen molar-refractivity contribution in [1.29, 1.82) is 0 Å². The van der Waals surface area contributed by atoms with E-state index in [-0.39, 0.29) is 5.82 Å². The fourth-order valence-electron chi connectivity index (χ4n) is 3.80. The third-order valence-electron chi connectivity index (χ3n) is 5.49. The number of aromatic nitrogens is 2. The maximum atomic E-state index is 13.3. The van der Waals surface area contributed by atoms with Crippen molar-refractivity contribution in [3.8, 4) is 11.3 Å². The highest BCUT2D eigenvalue weighted by molar-refractivity contribution is 5.60. The van der Waals surface area contributed by atoms with Crippen LogP contribution in [0.25, 0.3) is 11.3 Å². The average Bonchev–Trinajstić information content (AvgIpc) is 2.76. The Kier molecular flexibility index (Phi) is 6.67. The zero-order chi connectivity index (χ0) is 20.8. The maximum Gasteiger partial charge on any atom is 0.223 e. The first-order valence-electron chi connectivity index (χ1n) is 10.5. The van der Waals surface area contributed by atoms with Crippen LogP contribution in [0.1, 0.15) is 18.1 Å². The van der Waals surface area contributed by atoms with E-state index in [0.717, 1.165) is 43.0 Å². The van der Waals surface area contributed by atoms with Crippen molar-refractivity contribution in [1.82, 2.24) is 20.2 Å². The molecule has 0 amide bonds. The van der Waals surface area contributed by atoms with E-state index in [1.807, 2.05) is 12.1 Å². The lowest BCUT2D eigenvalue weighted by atomic mass is 10.1. The van der Waals surface area contributed by atoms with Crippen LogP contribution in [-0.2, 0) is 13.0 Å². The summed E-state index contributed by atoms with van der Waals surface area (Å²) in [6.07, 6.45) is 2.49. The minimum absolute atomic E-state index is 0.208. The molecule has 3 aromatic rings. The van der Waals surface area contributed by atoms with E-state index in [0.29, 0.717) is 25.0 Å². The molecule has 4 rings (SSSR count). The summed E-state index contributed by atoms with van der Waals surface area (Å²) in [6, 6.07) is 17.7. The van der Waals surface area contributed by atoms with E-state index in [9.17, 15) is 4.39 Å². The molecule has 1 fully saturated rings. The monoisotopic (exact) mass is 405 g/mol. The lowest BCUT2D eigenvalue weighted by Crippen LogP contribution is -2.49. The second-order valence-corrected chi connectivity index (χ2v) is 7.80. The molecule has 0 aliphatic carbocycles. The van der Waals surface area contributed by atoms with Crippen LogP contribution < -0.4 is 10.6 Å². The Labute approximate surface area is 177 Å². The van der Waals surface area contributed by atoms with Gasteiger partial charge in [0.1, 0.15) is 5.82 Å². The number of piperazine rings is 1. The molecule has 0 saturated carbocycles. The van der Waals surface area contributed by atoms with Gasteiger partial charge < -0.3 is 10.6 Å². The van der Waals surface area contributed by atoms with Gasteiger partial charge in [-0.3, -0.25) is 4.90 Å². The van der Waals surface area contributed by atoms with Gasteiger partial charge in [-0.05, 0) is 48.7 Å². The molecule has 156 valence electrons. The Morgan fingerprint density at radius 2 is 2.00 bits per heavy atom. The van der Waals surface area contributed by atoms with E-state index >= 15 is 0 Å². The molecule has 2 N–H and O–H groups in total. The molecule has 1 atom stereocenters. The Bertz CT molecular complexity index is 977. The van der Waals surface area contributed by atoms with Gasteiger partial charge in [-0.2, -0.15) is 0 Å². The van der Waals surface area contributed by atoms with Crippen LogP contribution in [0.5, 0.6) is 0 Å². The number of benzene rings is 2. The summed E-state index contributed by atoms with van der Waals surface area (Å²) in [7, 11) is 0. The molecule has 1 aliphatic heterocycles. The lowest BCUT2D eigenvalue weighted by molar-refractivity contribution is 0.165. The number of halogens is 1. The van der Waals surface area contributed by atoms with Crippen LogP contribution in [0.4, 0.5) is 10.3 Å². The fraction of sp³-hybridized carbons (Fsp3) is 0.333. The van der Waals surface area contributed by atoms with Gasteiger partial charge in [-0.1, -0.05) is 30.3 Å². The molecule has 5 nitrogen and oxygen atoms in total. The molecule has 1 unspecified atom stereocenters.